The van der Waals surface area contributed by atoms with E-state index in [1.807, 2.05) is 0 Å². The van der Waals surface area contributed by atoms with Crippen LogP contribution in [-0.2, 0) is 6.42 Å². The van der Waals surface area contributed by atoms with Crippen molar-refractivity contribution >= 4 is 5.69 Å². The third kappa shape index (κ3) is 2.76. The van der Waals surface area contributed by atoms with Crippen molar-refractivity contribution in [1.82, 2.24) is 0 Å². The molecule has 2 rings (SSSR count). The fourth-order valence-electron chi connectivity index (χ4n) is 2.38. The van der Waals surface area contributed by atoms with Crippen molar-refractivity contribution in [3.05, 3.63) is 29.8 Å². The summed E-state index contributed by atoms with van der Waals surface area (Å²) in [6.45, 7) is 2.20. The molecule has 0 bridgehead atoms. The number of benzene rings is 1. The molecule has 0 heterocycles. The summed E-state index contributed by atoms with van der Waals surface area (Å²) in [7, 11) is 0. The van der Waals surface area contributed by atoms with Crippen molar-refractivity contribution < 1.29 is 5.11 Å². The molecule has 1 saturated carbocycles. The molecule has 1 aliphatic rings. The number of aryl methyl sites for hydroxylation is 1. The van der Waals surface area contributed by atoms with Gasteiger partial charge >= 0.3 is 0 Å². The van der Waals surface area contributed by atoms with Gasteiger partial charge in [0.05, 0.1) is 12.1 Å². The van der Waals surface area contributed by atoms with Crippen molar-refractivity contribution in [2.24, 2.45) is 0 Å². The first-order valence-electron chi connectivity index (χ1n) is 6.33. The average Bonchev–Trinajstić information content (AvgIpc) is 2.68. The largest absolute Gasteiger partial charge is 0.391 e. The van der Waals surface area contributed by atoms with Crippen LogP contribution in [0.2, 0.25) is 0 Å². The van der Waals surface area contributed by atoms with Crippen LogP contribution in [0.15, 0.2) is 24.3 Å². The number of aliphatic hydroxyl groups excluding tert-OH is 1. The first kappa shape index (κ1) is 11.5. The van der Waals surface area contributed by atoms with Crippen LogP contribution < -0.4 is 5.32 Å². The minimum Gasteiger partial charge on any atom is -0.391 e. The zero-order valence-electron chi connectivity index (χ0n) is 9.95. The summed E-state index contributed by atoms with van der Waals surface area (Å²) in [6.07, 6.45) is 5.31. The van der Waals surface area contributed by atoms with Gasteiger partial charge in [-0.2, -0.15) is 0 Å². The second kappa shape index (κ2) is 5.35. The smallest absolute Gasteiger partial charge is 0.0741 e. The summed E-state index contributed by atoms with van der Waals surface area (Å²) < 4.78 is 0. The van der Waals surface area contributed by atoms with Crippen LogP contribution >= 0.6 is 0 Å². The maximum Gasteiger partial charge on any atom is 0.0741 e. The van der Waals surface area contributed by atoms with Gasteiger partial charge < -0.3 is 10.4 Å². The van der Waals surface area contributed by atoms with E-state index in [1.165, 1.54) is 12.0 Å². The van der Waals surface area contributed by atoms with Crippen LogP contribution in [0, 0.1) is 0 Å². The average molecular weight is 219 g/mol. The molecule has 88 valence electrons. The molecule has 0 saturated heterocycles. The second-order valence-corrected chi connectivity index (χ2v) is 4.70. The molecule has 0 radical (unpaired) electrons. The quantitative estimate of drug-likeness (QED) is 0.816. The lowest BCUT2D eigenvalue weighted by Gasteiger charge is -2.17. The number of hydrogen-bond donors (Lipinski definition) is 2. The van der Waals surface area contributed by atoms with Gasteiger partial charge in [0.1, 0.15) is 0 Å². The SMILES string of the molecule is CCCc1ccc(NC2CCCC2O)cc1. The molecule has 1 aliphatic carbocycles. The van der Waals surface area contributed by atoms with Crippen molar-refractivity contribution in [1.29, 1.82) is 0 Å². The fraction of sp³-hybridized carbons (Fsp3) is 0.571. The van der Waals surface area contributed by atoms with Gasteiger partial charge in [0.25, 0.3) is 0 Å². The highest BCUT2D eigenvalue weighted by molar-refractivity contribution is 5.45. The molecule has 2 nitrogen and oxygen atoms in total. The zero-order chi connectivity index (χ0) is 11.4. The van der Waals surface area contributed by atoms with Crippen molar-refractivity contribution in [2.45, 2.75) is 51.2 Å². The Morgan fingerprint density at radius 3 is 2.56 bits per heavy atom. The van der Waals surface area contributed by atoms with E-state index in [4.69, 9.17) is 0 Å². The van der Waals surface area contributed by atoms with Crippen molar-refractivity contribution in [3.8, 4) is 0 Å². The van der Waals surface area contributed by atoms with Crippen LogP contribution in [0.5, 0.6) is 0 Å². The van der Waals surface area contributed by atoms with E-state index < -0.39 is 0 Å². The Kier molecular flexibility index (Phi) is 3.83. The molecule has 16 heavy (non-hydrogen) atoms. The Morgan fingerprint density at radius 1 is 1.25 bits per heavy atom. The summed E-state index contributed by atoms with van der Waals surface area (Å²) in [6, 6.07) is 8.84. The molecule has 1 aromatic carbocycles. The molecule has 2 N–H and O–H groups in total. The van der Waals surface area contributed by atoms with E-state index in [-0.39, 0.29) is 12.1 Å². The van der Waals surface area contributed by atoms with Crippen LogP contribution in [0.25, 0.3) is 0 Å². The van der Waals surface area contributed by atoms with Gasteiger partial charge in [0, 0.05) is 5.69 Å². The summed E-state index contributed by atoms with van der Waals surface area (Å²) in [5.74, 6) is 0. The normalized spacial score (nSPS) is 24.6. The Hall–Kier alpha value is -1.02. The van der Waals surface area contributed by atoms with E-state index in [9.17, 15) is 5.11 Å². The highest BCUT2D eigenvalue weighted by Gasteiger charge is 2.24. The lowest BCUT2D eigenvalue weighted by molar-refractivity contribution is 0.172. The van der Waals surface area contributed by atoms with Crippen molar-refractivity contribution in [2.75, 3.05) is 5.32 Å². The fourth-order valence-corrected chi connectivity index (χ4v) is 2.38. The monoisotopic (exact) mass is 219 g/mol. The van der Waals surface area contributed by atoms with Crippen molar-refractivity contribution in [3.63, 3.8) is 0 Å². The molecule has 1 fully saturated rings. The minimum atomic E-state index is -0.171. The summed E-state index contributed by atoms with van der Waals surface area (Å²) in [5, 5.41) is 13.1. The van der Waals surface area contributed by atoms with E-state index in [2.05, 4.69) is 36.5 Å². The highest BCUT2D eigenvalue weighted by atomic mass is 16.3. The number of nitrogens with one attached hydrogen (secondary N) is 1. The zero-order valence-corrected chi connectivity index (χ0v) is 9.95. The number of anilines is 1. The molecule has 0 spiro atoms. The van der Waals surface area contributed by atoms with E-state index in [0.717, 1.165) is 31.4 Å². The highest BCUT2D eigenvalue weighted by Crippen LogP contribution is 2.23. The summed E-state index contributed by atoms with van der Waals surface area (Å²) >= 11 is 0. The Labute approximate surface area is 97.7 Å². The molecule has 0 aliphatic heterocycles. The Morgan fingerprint density at radius 2 is 2.00 bits per heavy atom. The van der Waals surface area contributed by atoms with Gasteiger partial charge in [-0.05, 0) is 43.4 Å². The lowest BCUT2D eigenvalue weighted by atomic mass is 10.1. The predicted molar refractivity (Wildman–Crippen MR) is 67.7 cm³/mol. The van der Waals surface area contributed by atoms with Gasteiger partial charge in [0.15, 0.2) is 0 Å². The Bertz CT molecular complexity index is 320. The van der Waals surface area contributed by atoms with Crippen LogP contribution in [-0.4, -0.2) is 17.3 Å². The predicted octanol–water partition coefficient (Wildman–Crippen LogP) is 2.96. The Balaban J connectivity index is 1.94. The molecule has 2 unspecified atom stereocenters. The van der Waals surface area contributed by atoms with Gasteiger partial charge in [-0.15, -0.1) is 0 Å². The van der Waals surface area contributed by atoms with E-state index >= 15 is 0 Å². The molecule has 0 aromatic heterocycles. The third-order valence-electron chi connectivity index (χ3n) is 3.32. The maximum atomic E-state index is 9.73. The standard InChI is InChI=1S/C14H21NO/c1-2-4-11-7-9-12(10-8-11)15-13-5-3-6-14(13)16/h7-10,13-16H,2-6H2,1H3. The van der Waals surface area contributed by atoms with E-state index in [0.29, 0.717) is 0 Å². The van der Waals surface area contributed by atoms with Crippen LogP contribution in [0.1, 0.15) is 38.2 Å². The molecule has 0 amide bonds. The number of rotatable bonds is 4. The summed E-state index contributed by atoms with van der Waals surface area (Å²) in [4.78, 5) is 0. The molecule has 2 heteroatoms. The van der Waals surface area contributed by atoms with Gasteiger partial charge in [-0.3, -0.25) is 0 Å². The maximum absolute atomic E-state index is 9.73. The summed E-state index contributed by atoms with van der Waals surface area (Å²) in [5.41, 5.74) is 2.52. The minimum absolute atomic E-state index is 0.171. The van der Waals surface area contributed by atoms with Crippen LogP contribution in [0.3, 0.4) is 0 Å². The lowest BCUT2D eigenvalue weighted by Crippen LogP contribution is -2.27. The number of hydrogen-bond acceptors (Lipinski definition) is 2. The third-order valence-corrected chi connectivity index (χ3v) is 3.32. The first-order valence-corrected chi connectivity index (χ1v) is 6.33. The second-order valence-electron chi connectivity index (χ2n) is 4.70. The van der Waals surface area contributed by atoms with E-state index in [1.54, 1.807) is 0 Å². The molecule has 1 aromatic rings. The molecular formula is C14H21NO. The van der Waals surface area contributed by atoms with Gasteiger partial charge in [0.2, 0.25) is 0 Å². The molecular weight excluding hydrogens is 198 g/mol. The number of aliphatic hydroxyl groups is 1. The van der Waals surface area contributed by atoms with Crippen LogP contribution in [0.4, 0.5) is 5.69 Å². The van der Waals surface area contributed by atoms with Gasteiger partial charge in [-0.25, -0.2) is 0 Å². The topological polar surface area (TPSA) is 32.3 Å². The molecule has 2 atom stereocenters. The first-order chi connectivity index (χ1) is 7.79. The van der Waals surface area contributed by atoms with Gasteiger partial charge in [-0.1, -0.05) is 25.5 Å².